The van der Waals surface area contributed by atoms with Gasteiger partial charge in [-0.2, -0.15) is 4.31 Å². The molecule has 0 spiro atoms. The SMILES string of the molecule is COC(=O)N1[C@@](C)(c2ccccc2)[C@@H](c2ccccc2)S1(=O)=O. The molecule has 3 rings (SSSR count). The number of methoxy groups -OCH3 is 1. The summed E-state index contributed by atoms with van der Waals surface area (Å²) in [4.78, 5) is 12.1. The number of rotatable bonds is 2. The van der Waals surface area contributed by atoms with Crippen LogP contribution >= 0.6 is 0 Å². The summed E-state index contributed by atoms with van der Waals surface area (Å²) in [6, 6.07) is 18.1. The lowest BCUT2D eigenvalue weighted by atomic mass is 9.84. The van der Waals surface area contributed by atoms with Crippen LogP contribution in [0.5, 0.6) is 0 Å². The molecule has 5 nitrogen and oxygen atoms in total. The van der Waals surface area contributed by atoms with Gasteiger partial charge < -0.3 is 4.74 Å². The van der Waals surface area contributed by atoms with Crippen LogP contribution < -0.4 is 0 Å². The second kappa shape index (κ2) is 5.38. The molecule has 1 amide bonds. The second-order valence-electron chi connectivity index (χ2n) is 5.58. The maximum atomic E-state index is 12.8. The van der Waals surface area contributed by atoms with Crippen LogP contribution in [0.4, 0.5) is 4.79 Å². The van der Waals surface area contributed by atoms with Gasteiger partial charge in [0.2, 0.25) is 0 Å². The predicted molar refractivity (Wildman–Crippen MR) is 86.1 cm³/mol. The van der Waals surface area contributed by atoms with Crippen LogP contribution in [-0.4, -0.2) is 25.9 Å². The molecule has 0 radical (unpaired) electrons. The van der Waals surface area contributed by atoms with E-state index in [0.717, 1.165) is 9.87 Å². The van der Waals surface area contributed by atoms with Crippen LogP contribution in [0.25, 0.3) is 0 Å². The molecule has 120 valence electrons. The van der Waals surface area contributed by atoms with Crippen LogP contribution in [0.15, 0.2) is 60.7 Å². The lowest BCUT2D eigenvalue weighted by Crippen LogP contribution is -2.66. The van der Waals surface area contributed by atoms with E-state index in [1.54, 1.807) is 31.2 Å². The second-order valence-corrected chi connectivity index (χ2v) is 7.45. The molecule has 0 unspecified atom stereocenters. The molecule has 0 N–H and O–H groups in total. The van der Waals surface area contributed by atoms with Crippen molar-refractivity contribution in [1.82, 2.24) is 4.31 Å². The maximum Gasteiger partial charge on any atom is 0.424 e. The molecule has 2 atom stereocenters. The van der Waals surface area contributed by atoms with E-state index in [1.165, 1.54) is 7.11 Å². The highest BCUT2D eigenvalue weighted by Gasteiger charge is 2.66. The van der Waals surface area contributed by atoms with Gasteiger partial charge in [-0.25, -0.2) is 13.2 Å². The Morgan fingerprint density at radius 3 is 2.09 bits per heavy atom. The monoisotopic (exact) mass is 331 g/mol. The van der Waals surface area contributed by atoms with Crippen molar-refractivity contribution in [2.45, 2.75) is 17.7 Å². The molecular formula is C17H17NO4S. The summed E-state index contributed by atoms with van der Waals surface area (Å²) >= 11 is 0. The first-order valence-corrected chi connectivity index (χ1v) is 8.67. The predicted octanol–water partition coefficient (Wildman–Crippen LogP) is 3.05. The number of hydrogen-bond donors (Lipinski definition) is 0. The Morgan fingerprint density at radius 1 is 1.04 bits per heavy atom. The number of nitrogens with zero attached hydrogens (tertiary/aromatic N) is 1. The van der Waals surface area contributed by atoms with Crippen LogP contribution in [0.1, 0.15) is 23.3 Å². The van der Waals surface area contributed by atoms with Crippen molar-refractivity contribution >= 4 is 16.1 Å². The zero-order valence-corrected chi connectivity index (χ0v) is 13.7. The number of carbonyl (C=O) groups excluding carboxylic acids is 1. The molecule has 1 aliphatic rings. The van der Waals surface area contributed by atoms with E-state index in [9.17, 15) is 13.2 Å². The number of benzene rings is 2. The number of hydrogen-bond acceptors (Lipinski definition) is 4. The summed E-state index contributed by atoms with van der Waals surface area (Å²) in [5, 5.41) is -0.835. The van der Waals surface area contributed by atoms with E-state index in [0.29, 0.717) is 5.56 Å². The summed E-state index contributed by atoms with van der Waals surface area (Å²) in [6.45, 7) is 1.75. The molecular weight excluding hydrogens is 314 g/mol. The highest BCUT2D eigenvalue weighted by Crippen LogP contribution is 2.56. The molecule has 1 saturated heterocycles. The molecule has 2 aromatic carbocycles. The molecule has 0 aliphatic carbocycles. The zero-order valence-electron chi connectivity index (χ0n) is 12.8. The van der Waals surface area contributed by atoms with E-state index in [-0.39, 0.29) is 0 Å². The lowest BCUT2D eigenvalue weighted by Gasteiger charge is -2.54. The number of sulfonamides is 1. The van der Waals surface area contributed by atoms with Gasteiger partial charge in [0.05, 0.1) is 7.11 Å². The van der Waals surface area contributed by atoms with Crippen LogP contribution in [0, 0.1) is 0 Å². The Hall–Kier alpha value is -2.34. The summed E-state index contributed by atoms with van der Waals surface area (Å²) < 4.78 is 31.1. The first kappa shape index (κ1) is 15.6. The van der Waals surface area contributed by atoms with Gasteiger partial charge in [0.1, 0.15) is 10.8 Å². The first-order valence-electron chi connectivity index (χ1n) is 7.16. The first-order chi connectivity index (χ1) is 10.9. The summed E-state index contributed by atoms with van der Waals surface area (Å²) in [7, 11) is -2.64. The summed E-state index contributed by atoms with van der Waals surface area (Å²) in [6.07, 6.45) is -0.872. The van der Waals surface area contributed by atoms with Crippen molar-refractivity contribution < 1.29 is 17.9 Å². The maximum absolute atomic E-state index is 12.8. The van der Waals surface area contributed by atoms with Gasteiger partial charge >= 0.3 is 6.09 Å². The van der Waals surface area contributed by atoms with E-state index in [2.05, 4.69) is 0 Å². The largest absolute Gasteiger partial charge is 0.452 e. The molecule has 1 fully saturated rings. The lowest BCUT2D eigenvalue weighted by molar-refractivity contribution is 0.0904. The molecule has 23 heavy (non-hydrogen) atoms. The van der Waals surface area contributed by atoms with Crippen LogP contribution in [0.2, 0.25) is 0 Å². The van der Waals surface area contributed by atoms with E-state index in [4.69, 9.17) is 4.74 Å². The Labute approximate surface area is 135 Å². The van der Waals surface area contributed by atoms with Crippen molar-refractivity contribution in [2.75, 3.05) is 7.11 Å². The van der Waals surface area contributed by atoms with Crippen molar-refractivity contribution in [3.8, 4) is 0 Å². The molecule has 6 heteroatoms. The molecule has 1 aliphatic heterocycles. The van der Waals surface area contributed by atoms with Gasteiger partial charge in [0.15, 0.2) is 0 Å². The van der Waals surface area contributed by atoms with Crippen molar-refractivity contribution in [2.24, 2.45) is 0 Å². The number of carbonyl (C=O) groups is 1. The Kier molecular flexibility index (Phi) is 3.64. The number of ether oxygens (including phenoxy) is 1. The fourth-order valence-corrected chi connectivity index (χ4v) is 5.66. The fraction of sp³-hybridized carbons (Fsp3) is 0.235. The minimum absolute atomic E-state index is 0.652. The van der Waals surface area contributed by atoms with E-state index in [1.807, 2.05) is 36.4 Å². The molecule has 0 saturated carbocycles. The third-order valence-electron chi connectivity index (χ3n) is 4.29. The Bertz CT molecular complexity index is 820. The third-order valence-corrected chi connectivity index (χ3v) is 6.65. The minimum Gasteiger partial charge on any atom is -0.452 e. The Balaban J connectivity index is 2.20. The van der Waals surface area contributed by atoms with E-state index >= 15 is 0 Å². The topological polar surface area (TPSA) is 63.7 Å². The quantitative estimate of drug-likeness (QED) is 0.848. The molecule has 0 aromatic heterocycles. The Morgan fingerprint density at radius 2 is 1.57 bits per heavy atom. The third kappa shape index (κ3) is 2.13. The van der Waals surface area contributed by atoms with Crippen LogP contribution in [-0.2, 0) is 20.3 Å². The standard InChI is InChI=1S/C17H17NO4S/c1-17(14-11-7-4-8-12-14)15(13-9-5-3-6-10-13)23(20,21)18(17)16(19)22-2/h3-12,15H,1-2H3/t15-,17+/m1/s1. The molecule has 1 heterocycles. The zero-order chi connectivity index (χ0) is 16.7. The fourth-order valence-electron chi connectivity index (χ4n) is 3.26. The van der Waals surface area contributed by atoms with Crippen molar-refractivity contribution in [3.05, 3.63) is 71.8 Å². The summed E-state index contributed by atoms with van der Waals surface area (Å²) in [5.74, 6) is 0. The van der Waals surface area contributed by atoms with E-state index < -0.39 is 26.9 Å². The van der Waals surface area contributed by atoms with Gasteiger partial charge in [-0.15, -0.1) is 0 Å². The van der Waals surface area contributed by atoms with Crippen LogP contribution in [0.3, 0.4) is 0 Å². The number of amides is 1. The average molecular weight is 331 g/mol. The highest BCUT2D eigenvalue weighted by atomic mass is 32.2. The summed E-state index contributed by atoms with van der Waals surface area (Å²) in [5.41, 5.74) is 0.377. The normalized spacial score (nSPS) is 25.5. The minimum atomic E-state index is -3.82. The van der Waals surface area contributed by atoms with Gasteiger partial charge in [-0.3, -0.25) is 0 Å². The van der Waals surface area contributed by atoms with Crippen molar-refractivity contribution in [1.29, 1.82) is 0 Å². The molecule has 0 bridgehead atoms. The van der Waals surface area contributed by atoms with Crippen molar-refractivity contribution in [3.63, 3.8) is 0 Å². The average Bonchev–Trinajstić information content (AvgIpc) is 2.55. The van der Waals surface area contributed by atoms with Gasteiger partial charge in [0.25, 0.3) is 10.0 Å². The highest BCUT2D eigenvalue weighted by molar-refractivity contribution is 7.91. The smallest absolute Gasteiger partial charge is 0.424 e. The van der Waals surface area contributed by atoms with Gasteiger partial charge in [-0.05, 0) is 18.1 Å². The van der Waals surface area contributed by atoms with Gasteiger partial charge in [-0.1, -0.05) is 60.7 Å². The molecule has 2 aromatic rings. The van der Waals surface area contributed by atoms with Gasteiger partial charge in [0, 0.05) is 0 Å².